The number of anilines is 2. The van der Waals surface area contributed by atoms with Crippen molar-refractivity contribution in [2.24, 2.45) is 5.73 Å². The molecule has 3 aromatic carbocycles. The number of aliphatic hydroxyl groups excluding tert-OH is 2. The number of amides is 1. The van der Waals surface area contributed by atoms with Crippen LogP contribution in [0.5, 0.6) is 5.75 Å². The predicted octanol–water partition coefficient (Wildman–Crippen LogP) is 3.10. The monoisotopic (exact) mass is 435 g/mol. The molecular formula is C25H29N3O4. The molecule has 0 aliphatic rings. The summed E-state index contributed by atoms with van der Waals surface area (Å²) in [7, 11) is 0. The van der Waals surface area contributed by atoms with E-state index in [1.54, 1.807) is 6.07 Å². The SMILES string of the molecule is NC(Cc1ccc(NC[C@@H](O)c2ccccc2)cc1)C[C@H](O)c1ccc(O)c(NC=O)c1. The Bertz CT molecular complexity index is 996. The number of carbonyl (C=O) groups excluding carboxylic acids is 1. The quantitative estimate of drug-likeness (QED) is 0.203. The number of phenolic OH excluding ortho intramolecular Hbond substituents is 1. The van der Waals surface area contributed by atoms with Crippen molar-refractivity contribution < 1.29 is 20.1 Å². The summed E-state index contributed by atoms with van der Waals surface area (Å²) in [5.74, 6) is -0.0673. The lowest BCUT2D eigenvalue weighted by Crippen LogP contribution is -2.25. The van der Waals surface area contributed by atoms with Crippen LogP contribution in [0.15, 0.2) is 72.8 Å². The number of phenols is 1. The Balaban J connectivity index is 1.50. The molecule has 1 amide bonds. The van der Waals surface area contributed by atoms with E-state index in [1.165, 1.54) is 12.1 Å². The summed E-state index contributed by atoms with van der Waals surface area (Å²) in [6, 6.07) is 21.6. The first-order chi connectivity index (χ1) is 15.5. The first-order valence-electron chi connectivity index (χ1n) is 10.5. The predicted molar refractivity (Wildman–Crippen MR) is 125 cm³/mol. The molecule has 0 aromatic heterocycles. The second kappa shape index (κ2) is 11.3. The van der Waals surface area contributed by atoms with Gasteiger partial charge in [0.2, 0.25) is 6.41 Å². The van der Waals surface area contributed by atoms with E-state index in [9.17, 15) is 20.1 Å². The number of benzene rings is 3. The third-order valence-corrected chi connectivity index (χ3v) is 5.28. The van der Waals surface area contributed by atoms with E-state index in [1.807, 2.05) is 54.6 Å². The van der Waals surface area contributed by atoms with Crippen LogP contribution in [0.4, 0.5) is 11.4 Å². The molecule has 7 heteroatoms. The molecule has 0 aliphatic carbocycles. The first kappa shape index (κ1) is 23.3. The van der Waals surface area contributed by atoms with Gasteiger partial charge in [0.25, 0.3) is 0 Å². The van der Waals surface area contributed by atoms with Gasteiger partial charge in [-0.3, -0.25) is 4.79 Å². The maximum atomic E-state index is 10.6. The van der Waals surface area contributed by atoms with Crippen molar-refractivity contribution in [1.29, 1.82) is 0 Å². The molecule has 0 spiro atoms. The molecular weight excluding hydrogens is 406 g/mol. The molecule has 7 nitrogen and oxygen atoms in total. The lowest BCUT2D eigenvalue weighted by atomic mass is 9.97. The average molecular weight is 436 g/mol. The van der Waals surface area contributed by atoms with Gasteiger partial charge < -0.3 is 31.7 Å². The van der Waals surface area contributed by atoms with E-state index >= 15 is 0 Å². The van der Waals surface area contributed by atoms with Gasteiger partial charge in [-0.15, -0.1) is 0 Å². The van der Waals surface area contributed by atoms with E-state index < -0.39 is 12.2 Å². The third kappa shape index (κ3) is 6.55. The van der Waals surface area contributed by atoms with Crippen LogP contribution in [-0.2, 0) is 11.2 Å². The van der Waals surface area contributed by atoms with Crippen molar-refractivity contribution in [3.05, 3.63) is 89.5 Å². The fraction of sp³-hybridized carbons (Fsp3) is 0.240. The molecule has 7 N–H and O–H groups in total. The summed E-state index contributed by atoms with van der Waals surface area (Å²) >= 11 is 0. The van der Waals surface area contributed by atoms with Crippen LogP contribution in [0.3, 0.4) is 0 Å². The normalized spacial score (nSPS) is 13.7. The van der Waals surface area contributed by atoms with Crippen molar-refractivity contribution in [2.45, 2.75) is 31.1 Å². The van der Waals surface area contributed by atoms with Gasteiger partial charge in [0.1, 0.15) is 5.75 Å². The zero-order valence-electron chi connectivity index (χ0n) is 17.7. The molecule has 0 radical (unpaired) electrons. The number of carbonyl (C=O) groups is 1. The fourth-order valence-electron chi connectivity index (χ4n) is 3.52. The van der Waals surface area contributed by atoms with Crippen LogP contribution >= 0.6 is 0 Å². The molecule has 3 aromatic rings. The summed E-state index contributed by atoms with van der Waals surface area (Å²) < 4.78 is 0. The minimum absolute atomic E-state index is 0.0673. The molecule has 0 saturated carbocycles. The Morgan fingerprint density at radius 1 is 0.906 bits per heavy atom. The highest BCUT2D eigenvalue weighted by Gasteiger charge is 2.15. The molecule has 0 saturated heterocycles. The standard InChI is InChI=1S/C25H29N3O4/c26-20(14-24(31)19-8-11-23(30)22(13-19)28-16-29)12-17-6-9-21(10-7-17)27-15-25(32)18-4-2-1-3-5-18/h1-11,13,16,20,24-25,27,30-32H,12,14-15,26H2,(H,28,29)/t20?,24-,25+/m0/s1. The zero-order chi connectivity index (χ0) is 22.9. The van der Waals surface area contributed by atoms with Gasteiger partial charge in [-0.2, -0.15) is 0 Å². The van der Waals surface area contributed by atoms with E-state index in [-0.39, 0.29) is 17.5 Å². The third-order valence-electron chi connectivity index (χ3n) is 5.28. The number of nitrogens with two attached hydrogens (primary N) is 1. The van der Waals surface area contributed by atoms with Crippen molar-refractivity contribution >= 4 is 17.8 Å². The Hall–Kier alpha value is -3.39. The lowest BCUT2D eigenvalue weighted by Gasteiger charge is -2.18. The molecule has 1 unspecified atom stereocenters. The molecule has 0 aliphatic heterocycles. The summed E-state index contributed by atoms with van der Waals surface area (Å²) in [4.78, 5) is 10.6. The Labute approximate surface area is 187 Å². The summed E-state index contributed by atoms with van der Waals surface area (Å²) in [5.41, 5.74) is 9.85. The van der Waals surface area contributed by atoms with Gasteiger partial charge in [0.05, 0.1) is 17.9 Å². The first-order valence-corrected chi connectivity index (χ1v) is 10.5. The molecule has 3 atom stereocenters. The van der Waals surface area contributed by atoms with Gasteiger partial charge in [-0.1, -0.05) is 48.5 Å². The second-order valence-corrected chi connectivity index (χ2v) is 7.76. The highest BCUT2D eigenvalue weighted by molar-refractivity contribution is 5.75. The van der Waals surface area contributed by atoms with Crippen LogP contribution in [0.1, 0.15) is 35.3 Å². The zero-order valence-corrected chi connectivity index (χ0v) is 17.7. The highest BCUT2D eigenvalue weighted by Crippen LogP contribution is 2.28. The minimum Gasteiger partial charge on any atom is -0.506 e. The van der Waals surface area contributed by atoms with Crippen molar-refractivity contribution in [3.63, 3.8) is 0 Å². The summed E-state index contributed by atoms with van der Waals surface area (Å²) in [5, 5.41) is 36.1. The summed E-state index contributed by atoms with van der Waals surface area (Å²) in [6.07, 6.45) is -0.0281. The molecule has 32 heavy (non-hydrogen) atoms. The van der Waals surface area contributed by atoms with Crippen molar-refractivity contribution in [1.82, 2.24) is 0 Å². The van der Waals surface area contributed by atoms with E-state index in [0.717, 1.165) is 16.8 Å². The van der Waals surface area contributed by atoms with Gasteiger partial charge in [0, 0.05) is 18.3 Å². The number of hydrogen-bond acceptors (Lipinski definition) is 6. The summed E-state index contributed by atoms with van der Waals surface area (Å²) in [6.45, 7) is 0.405. The maximum Gasteiger partial charge on any atom is 0.211 e. The molecule has 0 fully saturated rings. The number of aliphatic hydroxyl groups is 2. The molecule has 168 valence electrons. The Morgan fingerprint density at radius 3 is 2.31 bits per heavy atom. The van der Waals surface area contributed by atoms with E-state index in [2.05, 4.69) is 10.6 Å². The molecule has 0 bridgehead atoms. The second-order valence-electron chi connectivity index (χ2n) is 7.76. The van der Waals surface area contributed by atoms with Gasteiger partial charge in [-0.25, -0.2) is 0 Å². The van der Waals surface area contributed by atoms with Crippen LogP contribution in [0, 0.1) is 0 Å². The number of hydrogen-bond donors (Lipinski definition) is 6. The van der Waals surface area contributed by atoms with Crippen LogP contribution < -0.4 is 16.4 Å². The number of aromatic hydroxyl groups is 1. The van der Waals surface area contributed by atoms with Gasteiger partial charge in [-0.05, 0) is 53.8 Å². The fourth-order valence-corrected chi connectivity index (χ4v) is 3.52. The van der Waals surface area contributed by atoms with Gasteiger partial charge in [0.15, 0.2) is 0 Å². The van der Waals surface area contributed by atoms with Crippen molar-refractivity contribution in [2.75, 3.05) is 17.2 Å². The van der Waals surface area contributed by atoms with Crippen LogP contribution in [0.25, 0.3) is 0 Å². The van der Waals surface area contributed by atoms with E-state index in [4.69, 9.17) is 5.73 Å². The number of nitrogens with one attached hydrogen (secondary N) is 2. The van der Waals surface area contributed by atoms with Crippen LogP contribution in [-0.4, -0.2) is 34.3 Å². The maximum absolute atomic E-state index is 10.6. The Kier molecular flexibility index (Phi) is 8.21. The van der Waals surface area contributed by atoms with E-state index in [0.29, 0.717) is 31.4 Å². The lowest BCUT2D eigenvalue weighted by molar-refractivity contribution is -0.105. The molecule has 0 heterocycles. The smallest absolute Gasteiger partial charge is 0.211 e. The number of rotatable bonds is 11. The minimum atomic E-state index is -0.821. The van der Waals surface area contributed by atoms with Gasteiger partial charge >= 0.3 is 0 Å². The average Bonchev–Trinajstić information content (AvgIpc) is 2.80. The highest BCUT2D eigenvalue weighted by atomic mass is 16.3. The van der Waals surface area contributed by atoms with Crippen molar-refractivity contribution in [3.8, 4) is 5.75 Å². The largest absolute Gasteiger partial charge is 0.506 e. The topological polar surface area (TPSA) is 128 Å². The molecule has 3 rings (SSSR count). The Morgan fingerprint density at radius 2 is 1.62 bits per heavy atom. The van der Waals surface area contributed by atoms with Crippen LogP contribution in [0.2, 0.25) is 0 Å².